The second kappa shape index (κ2) is 12.3. The molecule has 0 aliphatic rings. The second-order valence-electron chi connectivity index (χ2n) is 7.09. The van der Waals surface area contributed by atoms with Crippen LogP contribution in [-0.4, -0.2) is 18.9 Å². The molecule has 34 heavy (non-hydrogen) atoms. The van der Waals surface area contributed by atoms with Crippen LogP contribution in [0.1, 0.15) is 23.6 Å². The average Bonchev–Trinajstić information content (AvgIpc) is 2.78. The van der Waals surface area contributed by atoms with E-state index in [0.29, 0.717) is 44.4 Å². The van der Waals surface area contributed by atoms with Gasteiger partial charge in [-0.2, -0.15) is 5.10 Å². The highest BCUT2D eigenvalue weighted by Gasteiger charge is 2.13. The van der Waals surface area contributed by atoms with Gasteiger partial charge < -0.3 is 14.8 Å². The minimum absolute atomic E-state index is 0.224. The zero-order chi connectivity index (χ0) is 24.7. The third kappa shape index (κ3) is 7.27. The minimum Gasteiger partial charge on any atom is -0.490 e. The molecule has 0 saturated heterocycles. The fraction of sp³-hybridized carbons (Fsp3) is 0.167. The first-order valence-corrected chi connectivity index (χ1v) is 12.1. The Morgan fingerprint density at radius 2 is 1.82 bits per heavy atom. The van der Waals surface area contributed by atoms with Crippen LogP contribution in [0, 0.1) is 6.92 Å². The number of urea groups is 1. The maximum Gasteiger partial charge on any atom is 0.339 e. The maximum absolute atomic E-state index is 12.1. The standard InChI is InChI=1S/C24H21BrCl3N3O3/c1-3-33-22-11-16(12-29-31-24(32)30-17-5-6-18(25)14(2)8-17)10-21(28)23(22)34-13-15-4-7-19(26)20(27)9-15/h4-12H,3,13H2,1-2H3,(H2,30,31,32)/b29-12+. The van der Waals surface area contributed by atoms with Gasteiger partial charge in [-0.25, -0.2) is 10.2 Å². The fourth-order valence-electron chi connectivity index (χ4n) is 2.90. The first kappa shape index (κ1) is 26.2. The lowest BCUT2D eigenvalue weighted by molar-refractivity contribution is 0.252. The number of nitrogens with one attached hydrogen (secondary N) is 2. The highest BCUT2D eigenvalue weighted by atomic mass is 79.9. The van der Waals surface area contributed by atoms with E-state index in [2.05, 4.69) is 31.8 Å². The molecule has 3 aromatic rings. The molecular formula is C24H21BrCl3N3O3. The van der Waals surface area contributed by atoms with Crippen LogP contribution in [0.2, 0.25) is 15.1 Å². The second-order valence-corrected chi connectivity index (χ2v) is 9.16. The molecule has 0 aromatic heterocycles. The van der Waals surface area contributed by atoms with E-state index in [0.717, 1.165) is 15.6 Å². The summed E-state index contributed by atoms with van der Waals surface area (Å²) in [6.07, 6.45) is 1.46. The minimum atomic E-state index is -0.476. The Morgan fingerprint density at radius 1 is 1.03 bits per heavy atom. The van der Waals surface area contributed by atoms with Crippen molar-refractivity contribution in [2.75, 3.05) is 11.9 Å². The quantitative estimate of drug-likeness (QED) is 0.209. The van der Waals surface area contributed by atoms with Gasteiger partial charge in [-0.05, 0) is 73.0 Å². The monoisotopic (exact) mass is 583 g/mol. The van der Waals surface area contributed by atoms with Gasteiger partial charge in [0.25, 0.3) is 0 Å². The fourth-order valence-corrected chi connectivity index (χ4v) is 3.74. The summed E-state index contributed by atoms with van der Waals surface area (Å²) >= 11 is 21.9. The Balaban J connectivity index is 1.67. The Hall–Kier alpha value is -2.45. The number of rotatable bonds is 8. The van der Waals surface area contributed by atoms with Crippen LogP contribution >= 0.6 is 50.7 Å². The molecule has 0 unspecified atom stereocenters. The maximum atomic E-state index is 12.1. The highest BCUT2D eigenvalue weighted by Crippen LogP contribution is 2.37. The third-order valence-corrected chi connectivity index (χ3v) is 6.40. The molecule has 178 valence electrons. The van der Waals surface area contributed by atoms with Gasteiger partial charge in [0.05, 0.1) is 27.9 Å². The summed E-state index contributed by atoms with van der Waals surface area (Å²) in [5, 5.41) is 7.94. The molecule has 0 bridgehead atoms. The van der Waals surface area contributed by atoms with Crippen molar-refractivity contribution in [3.8, 4) is 11.5 Å². The van der Waals surface area contributed by atoms with E-state index in [1.165, 1.54) is 6.21 Å². The van der Waals surface area contributed by atoms with Gasteiger partial charge in [-0.15, -0.1) is 0 Å². The van der Waals surface area contributed by atoms with E-state index in [9.17, 15) is 4.79 Å². The number of amides is 2. The first-order chi connectivity index (χ1) is 16.3. The summed E-state index contributed by atoms with van der Waals surface area (Å²) in [5.74, 6) is 0.842. The zero-order valence-electron chi connectivity index (χ0n) is 18.3. The first-order valence-electron chi connectivity index (χ1n) is 10.2. The van der Waals surface area contributed by atoms with Crippen molar-refractivity contribution in [1.29, 1.82) is 0 Å². The molecule has 0 saturated carbocycles. The molecule has 2 N–H and O–H groups in total. The number of hydrogen-bond donors (Lipinski definition) is 2. The van der Waals surface area contributed by atoms with Crippen molar-refractivity contribution >= 4 is 68.7 Å². The Morgan fingerprint density at radius 3 is 2.53 bits per heavy atom. The van der Waals surface area contributed by atoms with E-state index in [-0.39, 0.29) is 6.61 Å². The number of aryl methyl sites for hydroxylation is 1. The number of halogens is 4. The average molecular weight is 586 g/mol. The number of nitrogens with zero attached hydrogens (tertiary/aromatic N) is 1. The van der Waals surface area contributed by atoms with Crippen molar-refractivity contribution in [3.05, 3.63) is 84.8 Å². The number of benzene rings is 3. The van der Waals surface area contributed by atoms with Gasteiger partial charge in [0.15, 0.2) is 11.5 Å². The lowest BCUT2D eigenvalue weighted by Crippen LogP contribution is -2.24. The molecule has 2 amide bonds. The molecule has 6 nitrogen and oxygen atoms in total. The molecule has 0 aliphatic heterocycles. The molecule has 0 heterocycles. The van der Waals surface area contributed by atoms with E-state index in [1.54, 1.807) is 30.3 Å². The summed E-state index contributed by atoms with van der Waals surface area (Å²) in [7, 11) is 0. The topological polar surface area (TPSA) is 72.0 Å². The molecular weight excluding hydrogens is 565 g/mol. The van der Waals surface area contributed by atoms with Crippen molar-refractivity contribution in [3.63, 3.8) is 0 Å². The van der Waals surface area contributed by atoms with Gasteiger partial charge in [-0.1, -0.05) is 56.8 Å². The number of ether oxygens (including phenoxy) is 2. The van der Waals surface area contributed by atoms with Gasteiger partial charge in [-0.3, -0.25) is 0 Å². The van der Waals surface area contributed by atoms with E-state index < -0.39 is 6.03 Å². The number of hydrogen-bond acceptors (Lipinski definition) is 4. The highest BCUT2D eigenvalue weighted by molar-refractivity contribution is 9.10. The third-order valence-electron chi connectivity index (χ3n) is 4.49. The van der Waals surface area contributed by atoms with Gasteiger partial charge in [0, 0.05) is 10.2 Å². The van der Waals surface area contributed by atoms with Gasteiger partial charge in [0.1, 0.15) is 6.61 Å². The van der Waals surface area contributed by atoms with E-state index >= 15 is 0 Å². The van der Waals surface area contributed by atoms with Crippen LogP contribution in [0.25, 0.3) is 0 Å². The van der Waals surface area contributed by atoms with Crippen LogP contribution in [0.3, 0.4) is 0 Å². The number of carbonyl (C=O) groups is 1. The molecule has 3 rings (SSSR count). The molecule has 3 aromatic carbocycles. The number of hydrazone groups is 1. The van der Waals surface area contributed by atoms with Gasteiger partial charge in [0.2, 0.25) is 0 Å². The molecule has 0 atom stereocenters. The van der Waals surface area contributed by atoms with Crippen LogP contribution in [0.4, 0.5) is 10.5 Å². The zero-order valence-corrected chi connectivity index (χ0v) is 22.1. The van der Waals surface area contributed by atoms with Crippen molar-refractivity contribution < 1.29 is 14.3 Å². The lowest BCUT2D eigenvalue weighted by Gasteiger charge is -2.14. The Labute approximate surface area is 221 Å². The Kier molecular flexibility index (Phi) is 9.47. The molecule has 0 radical (unpaired) electrons. The Bertz CT molecular complexity index is 1220. The lowest BCUT2D eigenvalue weighted by atomic mass is 10.2. The smallest absolute Gasteiger partial charge is 0.339 e. The van der Waals surface area contributed by atoms with Crippen LogP contribution in [-0.2, 0) is 6.61 Å². The summed E-state index contributed by atoms with van der Waals surface area (Å²) in [4.78, 5) is 12.1. The predicted octanol–water partition coefficient (Wildman–Crippen LogP) is 7.85. The molecule has 10 heteroatoms. The van der Waals surface area contributed by atoms with Gasteiger partial charge >= 0.3 is 6.03 Å². The molecule has 0 spiro atoms. The van der Waals surface area contributed by atoms with Crippen molar-refractivity contribution in [2.24, 2.45) is 5.10 Å². The number of anilines is 1. The molecule has 0 aliphatic carbocycles. The predicted molar refractivity (Wildman–Crippen MR) is 142 cm³/mol. The summed E-state index contributed by atoms with van der Waals surface area (Å²) in [6, 6.07) is 13.6. The van der Waals surface area contributed by atoms with Crippen molar-refractivity contribution in [2.45, 2.75) is 20.5 Å². The SMILES string of the molecule is CCOc1cc(/C=N/NC(=O)Nc2ccc(Br)c(C)c2)cc(Cl)c1OCc1ccc(Cl)c(Cl)c1. The molecule has 0 fully saturated rings. The van der Waals surface area contributed by atoms with Crippen molar-refractivity contribution in [1.82, 2.24) is 5.43 Å². The van der Waals surface area contributed by atoms with Crippen LogP contribution in [0.5, 0.6) is 11.5 Å². The van der Waals surface area contributed by atoms with E-state index in [1.807, 2.05) is 32.0 Å². The summed E-state index contributed by atoms with van der Waals surface area (Å²) in [6.45, 7) is 4.42. The van der Waals surface area contributed by atoms with Crippen LogP contribution in [0.15, 0.2) is 58.1 Å². The van der Waals surface area contributed by atoms with E-state index in [4.69, 9.17) is 44.3 Å². The number of carbonyl (C=O) groups excluding carboxylic acids is 1. The summed E-state index contributed by atoms with van der Waals surface area (Å²) in [5.41, 5.74) is 5.53. The summed E-state index contributed by atoms with van der Waals surface area (Å²) < 4.78 is 12.6. The van der Waals surface area contributed by atoms with Crippen LogP contribution < -0.4 is 20.2 Å². The largest absolute Gasteiger partial charge is 0.490 e. The normalized spacial score (nSPS) is 10.9.